The summed E-state index contributed by atoms with van der Waals surface area (Å²) >= 11 is 0. The maximum absolute atomic E-state index is 12.6. The number of ether oxygens (including phenoxy) is 3. The van der Waals surface area contributed by atoms with Gasteiger partial charge in [0.15, 0.2) is 11.5 Å². The quantitative estimate of drug-likeness (QED) is 0.742. The van der Waals surface area contributed by atoms with Crippen LogP contribution >= 0.6 is 0 Å². The molecule has 1 heterocycles. The maximum Gasteiger partial charge on any atom is 0.272 e. The molecule has 6 nitrogen and oxygen atoms in total. The van der Waals surface area contributed by atoms with Crippen LogP contribution in [0.15, 0.2) is 36.4 Å². The lowest BCUT2D eigenvalue weighted by atomic mass is 10.1. The topological polar surface area (TPSA) is 72.6 Å². The van der Waals surface area contributed by atoms with Crippen LogP contribution in [0.5, 0.6) is 17.2 Å². The van der Waals surface area contributed by atoms with Gasteiger partial charge in [0.2, 0.25) is 0 Å². The number of hydrogen-bond donors (Lipinski definition) is 2. The van der Waals surface area contributed by atoms with E-state index in [-0.39, 0.29) is 5.91 Å². The number of aromatic amines is 1. The predicted octanol–water partition coefficient (Wildman–Crippen LogP) is 3.75. The van der Waals surface area contributed by atoms with Crippen LogP contribution in [0.3, 0.4) is 0 Å². The minimum atomic E-state index is -0.231. The van der Waals surface area contributed by atoms with Gasteiger partial charge in [0.05, 0.1) is 21.3 Å². The van der Waals surface area contributed by atoms with Crippen molar-refractivity contribution in [2.45, 2.75) is 6.92 Å². The molecule has 0 radical (unpaired) electrons. The summed E-state index contributed by atoms with van der Waals surface area (Å²) in [4.78, 5) is 15.7. The van der Waals surface area contributed by atoms with Gasteiger partial charge < -0.3 is 24.5 Å². The highest BCUT2D eigenvalue weighted by atomic mass is 16.5. The molecular formula is C19H20N2O4. The van der Waals surface area contributed by atoms with Crippen molar-refractivity contribution in [2.75, 3.05) is 26.6 Å². The van der Waals surface area contributed by atoms with Crippen molar-refractivity contribution in [2.24, 2.45) is 0 Å². The van der Waals surface area contributed by atoms with Crippen LogP contribution in [0.25, 0.3) is 10.9 Å². The zero-order valence-electron chi connectivity index (χ0n) is 14.6. The molecule has 0 fully saturated rings. The van der Waals surface area contributed by atoms with E-state index in [1.165, 1.54) is 0 Å². The number of H-pyrrole nitrogens is 1. The molecule has 0 aliphatic heterocycles. The molecule has 3 rings (SSSR count). The second kappa shape index (κ2) is 6.76. The first-order valence-electron chi connectivity index (χ1n) is 7.76. The highest BCUT2D eigenvalue weighted by Gasteiger charge is 2.14. The smallest absolute Gasteiger partial charge is 0.272 e. The number of aryl methyl sites for hydroxylation is 1. The number of anilines is 1. The zero-order chi connectivity index (χ0) is 18.0. The van der Waals surface area contributed by atoms with Crippen molar-refractivity contribution >= 4 is 22.5 Å². The Kier molecular flexibility index (Phi) is 4.52. The molecule has 0 atom stereocenters. The molecule has 130 valence electrons. The molecule has 3 aromatic rings. The van der Waals surface area contributed by atoms with Crippen molar-refractivity contribution in [1.82, 2.24) is 4.98 Å². The first-order valence-corrected chi connectivity index (χ1v) is 7.76. The highest BCUT2D eigenvalue weighted by Crippen LogP contribution is 2.33. The number of rotatable bonds is 5. The third-order valence-corrected chi connectivity index (χ3v) is 4.05. The van der Waals surface area contributed by atoms with Crippen LogP contribution in [0.1, 0.15) is 16.1 Å². The molecule has 0 saturated carbocycles. The van der Waals surface area contributed by atoms with E-state index in [4.69, 9.17) is 14.2 Å². The number of amides is 1. The van der Waals surface area contributed by atoms with E-state index in [0.717, 1.165) is 22.2 Å². The average molecular weight is 340 g/mol. The van der Waals surface area contributed by atoms with E-state index in [1.54, 1.807) is 33.5 Å². The van der Waals surface area contributed by atoms with Gasteiger partial charge in [0.25, 0.3) is 5.91 Å². The summed E-state index contributed by atoms with van der Waals surface area (Å²) in [6, 6.07) is 11.0. The summed E-state index contributed by atoms with van der Waals surface area (Å²) in [5.74, 6) is 1.68. The lowest BCUT2D eigenvalue weighted by molar-refractivity contribution is 0.102. The Labute approximate surface area is 145 Å². The largest absolute Gasteiger partial charge is 0.497 e. The van der Waals surface area contributed by atoms with Gasteiger partial charge >= 0.3 is 0 Å². The normalized spacial score (nSPS) is 10.6. The van der Waals surface area contributed by atoms with Gasteiger partial charge in [-0.25, -0.2) is 0 Å². The van der Waals surface area contributed by atoms with Crippen molar-refractivity contribution in [3.8, 4) is 17.2 Å². The molecule has 6 heteroatoms. The molecular weight excluding hydrogens is 320 g/mol. The minimum Gasteiger partial charge on any atom is -0.497 e. The van der Waals surface area contributed by atoms with Crippen LogP contribution in [-0.2, 0) is 0 Å². The molecule has 0 unspecified atom stereocenters. The van der Waals surface area contributed by atoms with Crippen LogP contribution < -0.4 is 19.5 Å². The van der Waals surface area contributed by atoms with Gasteiger partial charge in [-0.3, -0.25) is 4.79 Å². The lowest BCUT2D eigenvalue weighted by Crippen LogP contribution is -2.13. The fraction of sp³-hybridized carbons (Fsp3) is 0.211. The van der Waals surface area contributed by atoms with Crippen molar-refractivity contribution in [1.29, 1.82) is 0 Å². The summed E-state index contributed by atoms with van der Waals surface area (Å²) in [6.45, 7) is 1.90. The number of benzene rings is 2. The SMILES string of the molecule is COc1ccc2cc(C(=O)Nc3cc(OC)c(OC)cc3C)[nH]c2c1. The Hall–Kier alpha value is -3.15. The summed E-state index contributed by atoms with van der Waals surface area (Å²) < 4.78 is 15.8. The number of nitrogens with one attached hydrogen (secondary N) is 2. The van der Waals surface area contributed by atoms with Crippen molar-refractivity contribution in [3.05, 3.63) is 47.7 Å². The van der Waals surface area contributed by atoms with Gasteiger partial charge in [-0.1, -0.05) is 0 Å². The number of hydrogen-bond acceptors (Lipinski definition) is 4. The Morgan fingerprint density at radius 2 is 1.68 bits per heavy atom. The van der Waals surface area contributed by atoms with Gasteiger partial charge in [0, 0.05) is 28.7 Å². The molecule has 0 spiro atoms. The second-order valence-electron chi connectivity index (χ2n) is 5.61. The fourth-order valence-electron chi connectivity index (χ4n) is 2.66. The van der Waals surface area contributed by atoms with Gasteiger partial charge in [-0.05, 0) is 36.8 Å². The molecule has 1 amide bonds. The number of carbonyl (C=O) groups is 1. The maximum atomic E-state index is 12.6. The first-order chi connectivity index (χ1) is 12.0. The summed E-state index contributed by atoms with van der Waals surface area (Å²) in [6.07, 6.45) is 0. The zero-order valence-corrected chi connectivity index (χ0v) is 14.6. The molecule has 0 bridgehead atoms. The van der Waals surface area contributed by atoms with E-state index in [0.29, 0.717) is 22.9 Å². The first kappa shape index (κ1) is 16.7. The number of methoxy groups -OCH3 is 3. The summed E-state index contributed by atoms with van der Waals surface area (Å²) in [7, 11) is 4.75. The molecule has 2 N–H and O–H groups in total. The summed E-state index contributed by atoms with van der Waals surface area (Å²) in [5.41, 5.74) is 2.86. The van der Waals surface area contributed by atoms with E-state index >= 15 is 0 Å². The molecule has 1 aromatic heterocycles. The molecule has 0 aliphatic rings. The average Bonchev–Trinajstić information content (AvgIpc) is 3.06. The Morgan fingerprint density at radius 1 is 0.960 bits per heavy atom. The minimum absolute atomic E-state index is 0.231. The second-order valence-corrected chi connectivity index (χ2v) is 5.61. The monoisotopic (exact) mass is 340 g/mol. The van der Waals surface area contributed by atoms with Crippen LogP contribution in [0, 0.1) is 6.92 Å². The van der Waals surface area contributed by atoms with Gasteiger partial charge in [-0.15, -0.1) is 0 Å². The number of aromatic nitrogens is 1. The fourth-order valence-corrected chi connectivity index (χ4v) is 2.66. The van der Waals surface area contributed by atoms with E-state index in [2.05, 4.69) is 10.3 Å². The third kappa shape index (κ3) is 3.24. The molecule has 0 aliphatic carbocycles. The van der Waals surface area contributed by atoms with Crippen LogP contribution in [0.4, 0.5) is 5.69 Å². The Balaban J connectivity index is 1.89. The Bertz CT molecular complexity index is 931. The Morgan fingerprint density at radius 3 is 2.36 bits per heavy atom. The molecule has 25 heavy (non-hydrogen) atoms. The van der Waals surface area contributed by atoms with E-state index in [1.807, 2.05) is 31.2 Å². The number of carbonyl (C=O) groups excluding carboxylic acids is 1. The summed E-state index contributed by atoms with van der Waals surface area (Å²) in [5, 5.41) is 3.84. The standard InChI is InChI=1S/C19H20N2O4/c1-11-7-17(24-3)18(25-4)10-14(11)21-19(22)16-8-12-5-6-13(23-2)9-15(12)20-16/h5-10,20H,1-4H3,(H,21,22). The molecule has 2 aromatic carbocycles. The third-order valence-electron chi connectivity index (χ3n) is 4.05. The lowest BCUT2D eigenvalue weighted by Gasteiger charge is -2.13. The van der Waals surface area contributed by atoms with E-state index < -0.39 is 0 Å². The highest BCUT2D eigenvalue weighted by molar-refractivity contribution is 6.06. The van der Waals surface area contributed by atoms with Crippen LogP contribution in [0.2, 0.25) is 0 Å². The van der Waals surface area contributed by atoms with E-state index in [9.17, 15) is 4.79 Å². The van der Waals surface area contributed by atoms with Gasteiger partial charge in [-0.2, -0.15) is 0 Å². The predicted molar refractivity (Wildman–Crippen MR) is 97.1 cm³/mol. The molecule has 0 saturated heterocycles. The van der Waals surface area contributed by atoms with Crippen molar-refractivity contribution < 1.29 is 19.0 Å². The van der Waals surface area contributed by atoms with Gasteiger partial charge in [0.1, 0.15) is 11.4 Å². The van der Waals surface area contributed by atoms with Crippen molar-refractivity contribution in [3.63, 3.8) is 0 Å². The van der Waals surface area contributed by atoms with Crippen LogP contribution in [-0.4, -0.2) is 32.2 Å². The number of fused-ring (bicyclic) bond motifs is 1.